The maximum Gasteiger partial charge on any atom is 0.403 e. The summed E-state index contributed by atoms with van der Waals surface area (Å²) in [6.45, 7) is 1.32. The van der Waals surface area contributed by atoms with E-state index in [2.05, 4.69) is 19.7 Å². The molecule has 0 spiro atoms. The number of nitrogens with one attached hydrogen (secondary N) is 1. The lowest BCUT2D eigenvalue weighted by atomic mass is 10.1. The second-order valence-corrected chi connectivity index (χ2v) is 6.37. The van der Waals surface area contributed by atoms with Gasteiger partial charge in [0, 0.05) is 6.54 Å². The number of rotatable bonds is 7. The topological polar surface area (TPSA) is 182 Å². The first kappa shape index (κ1) is 17.9. The van der Waals surface area contributed by atoms with E-state index < -0.39 is 38.2 Å². The highest BCUT2D eigenvalue weighted by Crippen LogP contribution is 2.37. The number of nitrogens with zero attached hydrogens (tertiary/aromatic N) is 3. The summed E-state index contributed by atoms with van der Waals surface area (Å²) in [6, 6.07) is 0. The Morgan fingerprint density at radius 1 is 1.57 bits per heavy atom. The van der Waals surface area contributed by atoms with Crippen molar-refractivity contribution in [2.75, 3.05) is 13.2 Å². The molecule has 1 unspecified atom stereocenters. The van der Waals surface area contributed by atoms with Crippen LogP contribution in [0.25, 0.3) is 0 Å². The number of aliphatic hydroxyl groups is 2. The molecule has 0 radical (unpaired) electrons. The SMILES string of the molecule is CCOP(=O)(O)NC[C@H]1O[C@@H](n2cnc(C(N)=O)n2)[C@H](O)[C@@H]1O. The number of carbonyl (C=O) groups excluding carboxylic acids is 1. The van der Waals surface area contributed by atoms with Crippen molar-refractivity contribution >= 4 is 13.7 Å². The van der Waals surface area contributed by atoms with E-state index in [1.165, 1.54) is 0 Å². The summed E-state index contributed by atoms with van der Waals surface area (Å²) >= 11 is 0. The lowest BCUT2D eigenvalue weighted by molar-refractivity contribution is -0.0431. The molecule has 0 bridgehead atoms. The number of aliphatic hydroxyl groups excluding tert-OH is 2. The van der Waals surface area contributed by atoms with Gasteiger partial charge in [-0.15, -0.1) is 5.10 Å². The van der Waals surface area contributed by atoms with Gasteiger partial charge in [-0.2, -0.15) is 0 Å². The number of primary amides is 1. The van der Waals surface area contributed by atoms with Crippen LogP contribution in [0.5, 0.6) is 0 Å². The van der Waals surface area contributed by atoms with Crippen molar-refractivity contribution in [1.82, 2.24) is 19.9 Å². The summed E-state index contributed by atoms with van der Waals surface area (Å²) < 4.78 is 22.6. The van der Waals surface area contributed by atoms with Gasteiger partial charge < -0.3 is 25.6 Å². The molecule has 2 heterocycles. The molecule has 1 amide bonds. The van der Waals surface area contributed by atoms with E-state index in [1.807, 2.05) is 0 Å². The fourth-order valence-corrected chi connectivity index (χ4v) is 2.90. The van der Waals surface area contributed by atoms with Crippen LogP contribution >= 0.6 is 7.75 Å². The van der Waals surface area contributed by atoms with E-state index in [0.717, 1.165) is 11.0 Å². The molecule has 0 aliphatic carbocycles. The third kappa shape index (κ3) is 4.12. The Morgan fingerprint density at radius 2 is 2.26 bits per heavy atom. The minimum atomic E-state index is -4.01. The van der Waals surface area contributed by atoms with Gasteiger partial charge >= 0.3 is 7.75 Å². The Balaban J connectivity index is 2.03. The minimum absolute atomic E-state index is 0.0228. The third-order valence-electron chi connectivity index (χ3n) is 3.12. The molecule has 1 aromatic heterocycles. The zero-order valence-electron chi connectivity index (χ0n) is 12.1. The van der Waals surface area contributed by atoms with Crippen LogP contribution in [-0.2, 0) is 13.8 Å². The highest BCUT2D eigenvalue weighted by molar-refractivity contribution is 7.50. The van der Waals surface area contributed by atoms with Crippen LogP contribution in [0.15, 0.2) is 6.33 Å². The van der Waals surface area contributed by atoms with Crippen LogP contribution in [0.4, 0.5) is 0 Å². The maximum absolute atomic E-state index is 11.5. The molecule has 1 aliphatic heterocycles. The van der Waals surface area contributed by atoms with Gasteiger partial charge in [0.2, 0.25) is 5.82 Å². The van der Waals surface area contributed by atoms with E-state index in [0.29, 0.717) is 0 Å². The molecular weight excluding hydrogens is 333 g/mol. The van der Waals surface area contributed by atoms with E-state index >= 15 is 0 Å². The van der Waals surface area contributed by atoms with Gasteiger partial charge in [-0.05, 0) is 6.92 Å². The zero-order chi connectivity index (χ0) is 17.2. The van der Waals surface area contributed by atoms with Crippen molar-refractivity contribution in [2.45, 2.75) is 31.5 Å². The number of nitrogens with two attached hydrogens (primary N) is 1. The number of amides is 1. The van der Waals surface area contributed by atoms with Gasteiger partial charge in [0.05, 0.1) is 6.61 Å². The molecule has 130 valence electrons. The highest BCUT2D eigenvalue weighted by atomic mass is 31.2. The second kappa shape index (κ2) is 7.01. The highest BCUT2D eigenvalue weighted by Gasteiger charge is 2.44. The number of aromatic nitrogens is 3. The monoisotopic (exact) mass is 351 g/mol. The van der Waals surface area contributed by atoms with E-state index in [9.17, 15) is 24.5 Å². The first-order valence-corrected chi connectivity index (χ1v) is 8.28. The number of hydrogen-bond acceptors (Lipinski definition) is 8. The van der Waals surface area contributed by atoms with Crippen LogP contribution in [0.2, 0.25) is 0 Å². The van der Waals surface area contributed by atoms with Crippen molar-refractivity contribution in [3.63, 3.8) is 0 Å². The summed E-state index contributed by atoms with van der Waals surface area (Å²) in [4.78, 5) is 24.0. The Kier molecular flexibility index (Phi) is 5.47. The summed E-state index contributed by atoms with van der Waals surface area (Å²) in [5, 5.41) is 25.9. The molecule has 1 fully saturated rings. The average Bonchev–Trinajstić information content (AvgIpc) is 3.04. The Bertz CT molecular complexity index is 610. The molecule has 13 heteroatoms. The van der Waals surface area contributed by atoms with Crippen LogP contribution in [0.3, 0.4) is 0 Å². The van der Waals surface area contributed by atoms with Crippen LogP contribution < -0.4 is 10.8 Å². The van der Waals surface area contributed by atoms with Crippen molar-refractivity contribution < 1.29 is 33.7 Å². The quantitative estimate of drug-likeness (QED) is 0.336. The second-order valence-electron chi connectivity index (χ2n) is 4.76. The van der Waals surface area contributed by atoms with Gasteiger partial charge in [-0.25, -0.2) is 19.3 Å². The van der Waals surface area contributed by atoms with Crippen molar-refractivity contribution in [1.29, 1.82) is 0 Å². The maximum atomic E-state index is 11.5. The first-order valence-electron chi connectivity index (χ1n) is 6.70. The normalized spacial score (nSPS) is 30.3. The zero-order valence-corrected chi connectivity index (χ0v) is 13.0. The van der Waals surface area contributed by atoms with Gasteiger partial charge in [0.25, 0.3) is 5.91 Å². The molecule has 1 aliphatic rings. The molecule has 1 saturated heterocycles. The fraction of sp³-hybridized carbons (Fsp3) is 0.700. The molecule has 5 atom stereocenters. The molecule has 0 aromatic carbocycles. The van der Waals surface area contributed by atoms with Crippen LogP contribution in [0, 0.1) is 0 Å². The van der Waals surface area contributed by atoms with Gasteiger partial charge in [0.1, 0.15) is 24.6 Å². The Hall–Kier alpha value is -1.40. The summed E-state index contributed by atoms with van der Waals surface area (Å²) in [6.07, 6.45) is -3.74. The van der Waals surface area contributed by atoms with Crippen molar-refractivity contribution in [3.8, 4) is 0 Å². The third-order valence-corrected chi connectivity index (χ3v) is 4.31. The molecular formula is C10H18N5O7P. The molecule has 0 saturated carbocycles. The van der Waals surface area contributed by atoms with Gasteiger partial charge in [-0.1, -0.05) is 0 Å². The number of carbonyl (C=O) groups is 1. The van der Waals surface area contributed by atoms with Crippen LogP contribution in [-0.4, -0.2) is 67.2 Å². The molecule has 12 nitrogen and oxygen atoms in total. The van der Waals surface area contributed by atoms with E-state index in [-0.39, 0.29) is 19.0 Å². The smallest absolute Gasteiger partial charge is 0.387 e. The predicted molar refractivity (Wildman–Crippen MR) is 73.9 cm³/mol. The summed E-state index contributed by atoms with van der Waals surface area (Å²) in [5.74, 6) is -1.12. The van der Waals surface area contributed by atoms with Crippen molar-refractivity contribution in [2.24, 2.45) is 5.73 Å². The minimum Gasteiger partial charge on any atom is -0.387 e. The largest absolute Gasteiger partial charge is 0.403 e. The Labute approximate surface area is 130 Å². The van der Waals surface area contributed by atoms with Gasteiger partial charge in [-0.3, -0.25) is 9.32 Å². The van der Waals surface area contributed by atoms with E-state index in [1.54, 1.807) is 6.92 Å². The number of hydrogen-bond donors (Lipinski definition) is 5. The van der Waals surface area contributed by atoms with Crippen molar-refractivity contribution in [3.05, 3.63) is 12.2 Å². The predicted octanol–water partition coefficient (Wildman–Crippen LogP) is -2.28. The summed E-state index contributed by atoms with van der Waals surface area (Å²) in [7, 11) is -4.01. The average molecular weight is 351 g/mol. The Morgan fingerprint density at radius 3 is 2.83 bits per heavy atom. The molecule has 2 rings (SSSR count). The molecule has 23 heavy (non-hydrogen) atoms. The molecule has 1 aromatic rings. The summed E-state index contributed by atoms with van der Waals surface area (Å²) in [5.41, 5.74) is 5.03. The van der Waals surface area contributed by atoms with E-state index in [4.69, 9.17) is 10.5 Å². The van der Waals surface area contributed by atoms with Crippen LogP contribution in [0.1, 0.15) is 23.8 Å². The molecule has 6 N–H and O–H groups in total. The standard InChI is InChI=1S/C10H18N5O7P/c1-2-21-23(19,20)13-3-5-6(16)7(17)10(22-5)15-4-12-9(14-15)8(11)18/h4-7,10,16-17H,2-3H2,1H3,(H2,11,18)(H2,13,19,20)/t5-,6-,7-,10-/m1/s1. The lowest BCUT2D eigenvalue weighted by Gasteiger charge is -2.17. The lowest BCUT2D eigenvalue weighted by Crippen LogP contribution is -2.37. The first-order chi connectivity index (χ1) is 10.7. The fourth-order valence-electron chi connectivity index (χ4n) is 2.05. The number of ether oxygens (including phenoxy) is 1. The van der Waals surface area contributed by atoms with Gasteiger partial charge in [0.15, 0.2) is 6.23 Å².